The Morgan fingerprint density at radius 2 is 1.74 bits per heavy atom. The van der Waals surface area contributed by atoms with Gasteiger partial charge in [-0.15, -0.1) is 0 Å². The lowest BCUT2D eigenvalue weighted by Crippen LogP contribution is -2.11. The minimum absolute atomic E-state index is 0.00241. The lowest BCUT2D eigenvalue weighted by Gasteiger charge is -2.09. The molecule has 1 aromatic carbocycles. The van der Waals surface area contributed by atoms with Crippen LogP contribution in [0.2, 0.25) is 10.0 Å². The summed E-state index contributed by atoms with van der Waals surface area (Å²) >= 11 is 11.6. The van der Waals surface area contributed by atoms with Gasteiger partial charge in [0, 0.05) is 5.02 Å². The van der Waals surface area contributed by atoms with Gasteiger partial charge in [-0.2, -0.15) is 0 Å². The van der Waals surface area contributed by atoms with Gasteiger partial charge in [-0.3, -0.25) is 0 Å². The third-order valence-corrected chi connectivity index (χ3v) is 2.91. The van der Waals surface area contributed by atoms with E-state index in [0.29, 0.717) is 0 Å². The molecule has 0 bridgehead atoms. The number of hydrogen-bond donors (Lipinski definition) is 3. The maximum Gasteiger partial charge on any atom is 0.355 e. The molecule has 0 radical (unpaired) electrons. The molecule has 19 heavy (non-hydrogen) atoms. The van der Waals surface area contributed by atoms with E-state index < -0.39 is 28.9 Å². The summed E-state index contributed by atoms with van der Waals surface area (Å²) in [4.78, 5) is 25.7. The fraction of sp³-hybridized carbons (Fsp3) is 0. The lowest BCUT2D eigenvalue weighted by atomic mass is 10.1. The number of rotatable bonds is 2. The summed E-state index contributed by atoms with van der Waals surface area (Å²) in [6.45, 7) is 0. The number of benzene rings is 1. The molecule has 0 unspecified atom stereocenters. The van der Waals surface area contributed by atoms with E-state index in [9.17, 15) is 14.7 Å². The number of fused-ring (bicyclic) bond motifs is 1. The third-order valence-electron chi connectivity index (χ3n) is 2.39. The highest BCUT2D eigenvalue weighted by atomic mass is 35.5. The van der Waals surface area contributed by atoms with Crippen LogP contribution >= 0.6 is 23.2 Å². The van der Waals surface area contributed by atoms with Crippen LogP contribution < -0.4 is 0 Å². The normalized spacial score (nSPS) is 10.6. The van der Waals surface area contributed by atoms with E-state index in [0.717, 1.165) is 0 Å². The molecule has 2 rings (SSSR count). The van der Waals surface area contributed by atoms with Crippen LogP contribution in [-0.4, -0.2) is 32.2 Å². The van der Waals surface area contributed by atoms with Crippen molar-refractivity contribution in [2.45, 2.75) is 0 Å². The van der Waals surface area contributed by atoms with Gasteiger partial charge in [0.15, 0.2) is 5.69 Å². The molecule has 0 amide bonds. The van der Waals surface area contributed by atoms with Crippen LogP contribution in [0.5, 0.6) is 5.75 Å². The standard InChI is InChI=1S/C11H5Cl2NO5/c12-3-1-4(13)6-5(2-3)14-8(11(18)19)7(9(6)15)10(16)17/h1-2H,(H,14,15)(H,16,17)(H,18,19). The smallest absolute Gasteiger partial charge is 0.355 e. The predicted octanol–water partition coefficient (Wildman–Crippen LogP) is 2.64. The maximum absolute atomic E-state index is 11.0. The number of carbonyl (C=O) groups is 2. The van der Waals surface area contributed by atoms with Gasteiger partial charge in [0.05, 0.1) is 15.9 Å². The summed E-state index contributed by atoms with van der Waals surface area (Å²) in [6.07, 6.45) is 0. The molecule has 0 aliphatic rings. The van der Waals surface area contributed by atoms with Gasteiger partial charge < -0.3 is 15.3 Å². The lowest BCUT2D eigenvalue weighted by molar-refractivity contribution is 0.0644. The summed E-state index contributed by atoms with van der Waals surface area (Å²) in [5.41, 5.74) is -1.60. The first-order valence-electron chi connectivity index (χ1n) is 4.81. The number of nitrogens with zero attached hydrogens (tertiary/aromatic N) is 1. The first-order valence-corrected chi connectivity index (χ1v) is 5.56. The molecular weight excluding hydrogens is 297 g/mol. The molecule has 0 aliphatic carbocycles. The molecule has 2 aromatic rings. The highest BCUT2D eigenvalue weighted by molar-refractivity contribution is 6.39. The highest BCUT2D eigenvalue weighted by Gasteiger charge is 2.26. The number of aromatic carboxylic acids is 2. The average molecular weight is 302 g/mol. The Morgan fingerprint density at radius 1 is 1.11 bits per heavy atom. The number of carboxylic acid groups (broad SMARTS) is 2. The fourth-order valence-electron chi connectivity index (χ4n) is 1.65. The Labute approximate surface area is 115 Å². The van der Waals surface area contributed by atoms with Crippen LogP contribution in [0.1, 0.15) is 20.8 Å². The quantitative estimate of drug-likeness (QED) is 0.787. The Morgan fingerprint density at radius 3 is 2.26 bits per heavy atom. The van der Waals surface area contributed by atoms with Crippen molar-refractivity contribution >= 4 is 46.0 Å². The van der Waals surface area contributed by atoms with Crippen LogP contribution in [0.4, 0.5) is 0 Å². The first kappa shape index (κ1) is 13.4. The average Bonchev–Trinajstić information content (AvgIpc) is 2.26. The predicted molar refractivity (Wildman–Crippen MR) is 67.3 cm³/mol. The number of carboxylic acids is 2. The topological polar surface area (TPSA) is 108 Å². The molecule has 0 atom stereocenters. The highest BCUT2D eigenvalue weighted by Crippen LogP contribution is 2.36. The summed E-state index contributed by atoms with van der Waals surface area (Å²) < 4.78 is 0. The maximum atomic E-state index is 11.0. The summed E-state index contributed by atoms with van der Waals surface area (Å²) in [5, 5.41) is 27.9. The summed E-state index contributed by atoms with van der Waals surface area (Å²) in [7, 11) is 0. The van der Waals surface area contributed by atoms with Gasteiger partial charge >= 0.3 is 11.9 Å². The third kappa shape index (κ3) is 2.16. The molecule has 0 saturated carbocycles. The van der Waals surface area contributed by atoms with Crippen molar-refractivity contribution in [2.75, 3.05) is 0 Å². The van der Waals surface area contributed by atoms with Crippen molar-refractivity contribution in [3.8, 4) is 5.75 Å². The van der Waals surface area contributed by atoms with Gasteiger partial charge in [-0.1, -0.05) is 23.2 Å². The van der Waals surface area contributed by atoms with Gasteiger partial charge in [-0.05, 0) is 12.1 Å². The van der Waals surface area contributed by atoms with Crippen LogP contribution in [-0.2, 0) is 0 Å². The Kier molecular flexibility index (Phi) is 3.21. The molecule has 0 saturated heterocycles. The van der Waals surface area contributed by atoms with Crippen molar-refractivity contribution in [3.63, 3.8) is 0 Å². The second kappa shape index (κ2) is 4.56. The van der Waals surface area contributed by atoms with Gasteiger partial charge in [0.2, 0.25) is 0 Å². The molecule has 0 fully saturated rings. The van der Waals surface area contributed by atoms with Crippen molar-refractivity contribution < 1.29 is 24.9 Å². The van der Waals surface area contributed by atoms with Crippen LogP contribution in [0.15, 0.2) is 12.1 Å². The van der Waals surface area contributed by atoms with Crippen molar-refractivity contribution in [1.82, 2.24) is 4.98 Å². The second-order valence-electron chi connectivity index (χ2n) is 3.58. The van der Waals surface area contributed by atoms with E-state index in [-0.39, 0.29) is 20.9 Å². The van der Waals surface area contributed by atoms with Crippen molar-refractivity contribution in [1.29, 1.82) is 0 Å². The molecule has 8 heteroatoms. The summed E-state index contributed by atoms with van der Waals surface area (Å²) in [6, 6.07) is 2.57. The van der Waals surface area contributed by atoms with Crippen LogP contribution in [0, 0.1) is 0 Å². The molecule has 6 nitrogen and oxygen atoms in total. The Bertz CT molecular complexity index is 729. The number of pyridine rings is 1. The largest absolute Gasteiger partial charge is 0.506 e. The minimum Gasteiger partial charge on any atom is -0.506 e. The fourth-order valence-corrected chi connectivity index (χ4v) is 2.23. The molecule has 1 aromatic heterocycles. The zero-order valence-electron chi connectivity index (χ0n) is 9.02. The molecule has 0 spiro atoms. The minimum atomic E-state index is -1.62. The number of aromatic hydroxyl groups is 1. The van der Waals surface area contributed by atoms with Crippen LogP contribution in [0.25, 0.3) is 10.9 Å². The second-order valence-corrected chi connectivity index (χ2v) is 4.42. The number of halogens is 2. The first-order chi connectivity index (χ1) is 8.82. The van der Waals surface area contributed by atoms with E-state index in [1.165, 1.54) is 12.1 Å². The molecule has 1 heterocycles. The van der Waals surface area contributed by atoms with E-state index in [2.05, 4.69) is 4.98 Å². The van der Waals surface area contributed by atoms with E-state index >= 15 is 0 Å². The van der Waals surface area contributed by atoms with E-state index in [1.54, 1.807) is 0 Å². The number of hydrogen-bond acceptors (Lipinski definition) is 4. The van der Waals surface area contributed by atoms with Crippen LogP contribution in [0.3, 0.4) is 0 Å². The van der Waals surface area contributed by atoms with Gasteiger partial charge in [0.25, 0.3) is 0 Å². The molecule has 98 valence electrons. The monoisotopic (exact) mass is 301 g/mol. The molecule has 3 N–H and O–H groups in total. The van der Waals surface area contributed by atoms with Gasteiger partial charge in [0.1, 0.15) is 11.3 Å². The Hall–Kier alpha value is -2.05. The van der Waals surface area contributed by atoms with Crippen molar-refractivity contribution in [2.24, 2.45) is 0 Å². The number of aromatic nitrogens is 1. The summed E-state index contributed by atoms with van der Waals surface area (Å²) in [5.74, 6) is -3.95. The zero-order chi connectivity index (χ0) is 14.3. The van der Waals surface area contributed by atoms with Gasteiger partial charge in [-0.25, -0.2) is 14.6 Å². The SMILES string of the molecule is O=C(O)c1nc2cc(Cl)cc(Cl)c2c(O)c1C(=O)O. The molecule has 0 aliphatic heterocycles. The van der Waals surface area contributed by atoms with E-state index in [4.69, 9.17) is 33.4 Å². The molecular formula is C11H5Cl2NO5. The Balaban J connectivity index is 3.02. The zero-order valence-corrected chi connectivity index (χ0v) is 10.5. The van der Waals surface area contributed by atoms with Crippen molar-refractivity contribution in [3.05, 3.63) is 33.4 Å². The van der Waals surface area contributed by atoms with E-state index in [1.807, 2.05) is 0 Å².